The first-order valence-electron chi connectivity index (χ1n) is 14.3. The van der Waals surface area contributed by atoms with Crippen molar-refractivity contribution >= 4 is 29.5 Å². The van der Waals surface area contributed by atoms with Crippen molar-refractivity contribution in [3.05, 3.63) is 35.4 Å². The molecule has 1 aromatic rings. The van der Waals surface area contributed by atoms with Crippen LogP contribution in [0.5, 0.6) is 0 Å². The lowest BCUT2D eigenvalue weighted by molar-refractivity contribution is -0.151. The number of esters is 1. The normalized spacial score (nSPS) is 12.5. The highest BCUT2D eigenvalue weighted by Crippen LogP contribution is 2.21. The van der Waals surface area contributed by atoms with E-state index in [-0.39, 0.29) is 44.6 Å². The van der Waals surface area contributed by atoms with Crippen LogP contribution in [0, 0.1) is 0 Å². The van der Waals surface area contributed by atoms with Crippen molar-refractivity contribution in [1.82, 2.24) is 4.90 Å². The first kappa shape index (κ1) is 36.9. The van der Waals surface area contributed by atoms with Crippen molar-refractivity contribution in [2.75, 3.05) is 106 Å². The smallest absolute Gasteiger partial charge is 0.372 e. The molecule has 0 atom stereocenters. The van der Waals surface area contributed by atoms with Crippen LogP contribution in [0.4, 0.5) is 0 Å². The number of benzene rings is 1. The molecule has 0 saturated heterocycles. The van der Waals surface area contributed by atoms with Gasteiger partial charge in [0.25, 0.3) is 11.8 Å². The van der Waals surface area contributed by atoms with Gasteiger partial charge in [0, 0.05) is 6.42 Å². The Kier molecular flexibility index (Phi) is 19.4. The van der Waals surface area contributed by atoms with Gasteiger partial charge in [0.05, 0.1) is 117 Å². The van der Waals surface area contributed by atoms with Crippen molar-refractivity contribution in [3.8, 4) is 0 Å². The molecule has 15 heteroatoms. The van der Waals surface area contributed by atoms with Gasteiger partial charge in [-0.1, -0.05) is 12.1 Å². The van der Waals surface area contributed by atoms with E-state index in [1.807, 2.05) is 0 Å². The van der Waals surface area contributed by atoms with Crippen LogP contribution in [-0.4, -0.2) is 145 Å². The van der Waals surface area contributed by atoms with E-state index in [0.717, 1.165) is 0 Å². The predicted octanol–water partition coefficient (Wildman–Crippen LogP) is 0.376. The molecule has 246 valence electrons. The fraction of sp³-hybridized carbons (Fsp3) is 0.621. The van der Waals surface area contributed by atoms with Gasteiger partial charge in [-0.25, -0.2) is 4.79 Å². The summed E-state index contributed by atoms with van der Waals surface area (Å²) in [5.41, 5.74) is 0.853. The van der Waals surface area contributed by atoms with Gasteiger partial charge in [0.1, 0.15) is 6.61 Å². The molecule has 0 aromatic heterocycles. The van der Waals surface area contributed by atoms with E-state index in [2.05, 4.69) is 0 Å². The van der Waals surface area contributed by atoms with Gasteiger partial charge < -0.3 is 43.0 Å². The predicted molar refractivity (Wildman–Crippen MR) is 150 cm³/mol. The number of aliphatic carboxylic acids is 1. The monoisotopic (exact) mass is 627 g/mol. The Morgan fingerprint density at radius 2 is 0.909 bits per heavy atom. The van der Waals surface area contributed by atoms with Crippen molar-refractivity contribution < 1.29 is 67.0 Å². The lowest BCUT2D eigenvalue weighted by Gasteiger charge is -2.13. The average Bonchev–Trinajstić information content (AvgIpc) is 3.26. The number of carboxylic acid groups (broad SMARTS) is 1. The van der Waals surface area contributed by atoms with Gasteiger partial charge >= 0.3 is 11.9 Å². The number of carbonyl (C=O) groups excluding carboxylic acids is 4. The quantitative estimate of drug-likeness (QED) is 0.0582. The summed E-state index contributed by atoms with van der Waals surface area (Å²) in [4.78, 5) is 58.3. The summed E-state index contributed by atoms with van der Waals surface area (Å²) in [5, 5.41) is 8.43. The zero-order chi connectivity index (χ0) is 31.8. The highest BCUT2D eigenvalue weighted by molar-refractivity contribution is 6.32. The molecule has 1 aromatic carbocycles. The van der Waals surface area contributed by atoms with Gasteiger partial charge in [-0.05, 0) is 12.1 Å². The Morgan fingerprint density at radius 1 is 0.545 bits per heavy atom. The van der Waals surface area contributed by atoms with E-state index in [4.69, 9.17) is 43.0 Å². The molecule has 0 radical (unpaired) electrons. The highest BCUT2D eigenvalue weighted by atomic mass is 16.6. The minimum Gasteiger partial charge on any atom is -0.476 e. The molecule has 15 nitrogen and oxygen atoms in total. The number of amides is 2. The maximum absolute atomic E-state index is 12.3. The van der Waals surface area contributed by atoms with Crippen molar-refractivity contribution in [1.29, 1.82) is 0 Å². The van der Waals surface area contributed by atoms with E-state index in [1.54, 1.807) is 24.3 Å². The number of imide groups is 1. The number of Topliss-reactive ketones (excluding diaryl/α,β-unsaturated/α-hetero) is 1. The second-order valence-electron chi connectivity index (χ2n) is 9.04. The fourth-order valence-corrected chi connectivity index (χ4v) is 3.63. The number of hydrogen-bond acceptors (Lipinski definition) is 13. The SMILES string of the molecule is O=C(CCC(=O)C(=O)O)OCCOCCOCCOCCOCCOCCOCCOCCN1C(=O)c2ccccc2C1=O. The van der Waals surface area contributed by atoms with Crippen LogP contribution in [0.15, 0.2) is 24.3 Å². The first-order chi connectivity index (χ1) is 21.4. The number of hydrogen-bond donors (Lipinski definition) is 1. The highest BCUT2D eigenvalue weighted by Gasteiger charge is 2.34. The molecule has 0 aliphatic carbocycles. The summed E-state index contributed by atoms with van der Waals surface area (Å²) in [6.07, 6.45) is -0.674. The standard InChI is InChI=1S/C29H41NO14/c31-25(29(35)36)5-6-26(32)44-22-21-43-20-19-42-18-17-41-16-15-40-14-13-39-12-11-38-10-9-37-8-7-30-27(33)23-3-1-2-4-24(23)28(30)34/h1-4H,5-22H2,(H,35,36). The molecule has 0 spiro atoms. The Balaban J connectivity index is 1.23. The van der Waals surface area contributed by atoms with E-state index in [0.29, 0.717) is 90.4 Å². The van der Waals surface area contributed by atoms with Crippen LogP contribution in [0.2, 0.25) is 0 Å². The number of ether oxygens (including phenoxy) is 8. The Labute approximate surface area is 255 Å². The minimum atomic E-state index is -1.57. The second-order valence-corrected chi connectivity index (χ2v) is 9.04. The summed E-state index contributed by atoms with van der Waals surface area (Å²) in [6.45, 7) is 5.25. The van der Waals surface area contributed by atoms with Crippen molar-refractivity contribution in [2.24, 2.45) is 0 Å². The molecule has 2 amide bonds. The summed E-state index contributed by atoms with van der Waals surface area (Å²) < 4.78 is 42.6. The van der Waals surface area contributed by atoms with E-state index < -0.39 is 24.1 Å². The van der Waals surface area contributed by atoms with Crippen LogP contribution in [0.1, 0.15) is 33.6 Å². The van der Waals surface area contributed by atoms with Gasteiger partial charge in [-0.15, -0.1) is 0 Å². The molecule has 0 fully saturated rings. The third kappa shape index (κ3) is 15.4. The van der Waals surface area contributed by atoms with Crippen molar-refractivity contribution in [3.63, 3.8) is 0 Å². The molecule has 0 saturated carbocycles. The fourth-order valence-electron chi connectivity index (χ4n) is 3.63. The average molecular weight is 628 g/mol. The van der Waals surface area contributed by atoms with Crippen LogP contribution in [-0.2, 0) is 52.3 Å². The lowest BCUT2D eigenvalue weighted by Crippen LogP contribution is -2.33. The number of ketones is 1. The summed E-state index contributed by atoms with van der Waals surface area (Å²) in [6, 6.07) is 6.76. The molecular formula is C29H41NO14. The van der Waals surface area contributed by atoms with Gasteiger partial charge in [0.15, 0.2) is 0 Å². The molecule has 0 unspecified atom stereocenters. The lowest BCUT2D eigenvalue weighted by atomic mass is 10.1. The zero-order valence-corrected chi connectivity index (χ0v) is 24.7. The molecular weight excluding hydrogens is 586 g/mol. The number of nitrogens with zero attached hydrogens (tertiary/aromatic N) is 1. The Morgan fingerprint density at radius 3 is 1.30 bits per heavy atom. The molecule has 1 heterocycles. The number of rotatable bonds is 28. The molecule has 1 N–H and O–H groups in total. The maximum Gasteiger partial charge on any atom is 0.372 e. The summed E-state index contributed by atoms with van der Waals surface area (Å²) in [5.74, 6) is -3.85. The van der Waals surface area contributed by atoms with Crippen LogP contribution in [0.25, 0.3) is 0 Å². The summed E-state index contributed by atoms with van der Waals surface area (Å²) >= 11 is 0. The number of carbonyl (C=O) groups is 5. The Hall–Kier alpha value is -3.31. The third-order valence-corrected chi connectivity index (χ3v) is 5.85. The molecule has 0 bridgehead atoms. The molecule has 44 heavy (non-hydrogen) atoms. The van der Waals surface area contributed by atoms with Crippen molar-refractivity contribution in [2.45, 2.75) is 12.8 Å². The van der Waals surface area contributed by atoms with Gasteiger partial charge in [0.2, 0.25) is 5.78 Å². The second kappa shape index (κ2) is 23.1. The summed E-state index contributed by atoms with van der Waals surface area (Å²) in [7, 11) is 0. The first-order valence-corrected chi connectivity index (χ1v) is 14.3. The Bertz CT molecular complexity index is 998. The molecule has 1 aliphatic heterocycles. The van der Waals surface area contributed by atoms with E-state index in [1.165, 1.54) is 4.90 Å². The van der Waals surface area contributed by atoms with Crippen LogP contribution < -0.4 is 0 Å². The number of carboxylic acids is 1. The molecule has 1 aliphatic rings. The third-order valence-electron chi connectivity index (χ3n) is 5.85. The maximum atomic E-state index is 12.3. The van der Waals surface area contributed by atoms with Gasteiger partial charge in [-0.2, -0.15) is 0 Å². The zero-order valence-electron chi connectivity index (χ0n) is 24.7. The van der Waals surface area contributed by atoms with E-state index in [9.17, 15) is 24.0 Å². The largest absolute Gasteiger partial charge is 0.476 e. The van der Waals surface area contributed by atoms with Crippen LogP contribution >= 0.6 is 0 Å². The topological polar surface area (TPSA) is 183 Å². The van der Waals surface area contributed by atoms with Gasteiger partial charge in [-0.3, -0.25) is 24.1 Å². The number of fused-ring (bicyclic) bond motifs is 1. The minimum absolute atomic E-state index is 0.00444. The molecule has 2 rings (SSSR count). The van der Waals surface area contributed by atoms with Crippen LogP contribution in [0.3, 0.4) is 0 Å². The van der Waals surface area contributed by atoms with E-state index >= 15 is 0 Å².